The van der Waals surface area contributed by atoms with Gasteiger partial charge in [-0.25, -0.2) is 10.6 Å². The van der Waals surface area contributed by atoms with Crippen LogP contribution < -0.4 is 28.4 Å². The van der Waals surface area contributed by atoms with Gasteiger partial charge in [0.2, 0.25) is 5.96 Å². The SMILES string of the molecule is N/N=C(\N)N(N)P(N)N. The molecule has 0 rings (SSSR count). The van der Waals surface area contributed by atoms with E-state index in [1.807, 2.05) is 0 Å². The summed E-state index contributed by atoms with van der Waals surface area (Å²) in [6.07, 6.45) is 0. The molecule has 0 saturated heterocycles. The van der Waals surface area contributed by atoms with Crippen molar-refractivity contribution in [2.75, 3.05) is 0 Å². The Labute approximate surface area is 53.7 Å². The largest absolute Gasteiger partial charge is 0.367 e. The number of guanidine groups is 1. The molecule has 54 valence electrons. The predicted molar refractivity (Wildman–Crippen MR) is 37.1 cm³/mol. The topological polar surface area (TPSA) is 146 Å². The van der Waals surface area contributed by atoms with Gasteiger partial charge in [-0.15, -0.1) is 5.10 Å². The molecule has 9 heavy (non-hydrogen) atoms. The van der Waals surface area contributed by atoms with Gasteiger partial charge in [-0.05, 0) is 0 Å². The maximum absolute atomic E-state index is 5.15. The molecule has 0 bridgehead atoms. The minimum absolute atomic E-state index is 0.0777. The van der Waals surface area contributed by atoms with Crippen LogP contribution in [0.25, 0.3) is 0 Å². The fraction of sp³-hybridized carbons (Fsp3) is 0. The smallest absolute Gasteiger partial charge is 0.233 e. The molecule has 0 aromatic rings. The molecule has 0 aromatic carbocycles. The molecule has 7 nitrogen and oxygen atoms in total. The Balaban J connectivity index is 3.88. The maximum Gasteiger partial charge on any atom is 0.233 e. The lowest BCUT2D eigenvalue weighted by Gasteiger charge is -2.18. The van der Waals surface area contributed by atoms with Crippen molar-refractivity contribution in [2.24, 2.45) is 33.5 Å². The minimum atomic E-state index is -1.43. The average Bonchev–Trinajstić information content (AvgIpc) is 1.84. The van der Waals surface area contributed by atoms with Crippen LogP contribution in [0.5, 0.6) is 0 Å². The van der Waals surface area contributed by atoms with Crippen molar-refractivity contribution < 1.29 is 0 Å². The van der Waals surface area contributed by atoms with Crippen LogP contribution in [0, 0.1) is 0 Å². The fourth-order valence-electron chi connectivity index (χ4n) is 0.177. The van der Waals surface area contributed by atoms with Crippen molar-refractivity contribution in [2.45, 2.75) is 0 Å². The lowest BCUT2D eigenvalue weighted by Crippen LogP contribution is -2.42. The van der Waals surface area contributed by atoms with Crippen LogP contribution in [0.2, 0.25) is 0 Å². The lowest BCUT2D eigenvalue weighted by atomic mass is 11.1. The monoisotopic (exact) mass is 151 g/mol. The summed E-state index contributed by atoms with van der Waals surface area (Å²) in [6, 6.07) is 0. The Hall–Kier alpha value is -0.620. The van der Waals surface area contributed by atoms with E-state index in [-0.39, 0.29) is 5.96 Å². The molecule has 0 aliphatic heterocycles. The van der Waals surface area contributed by atoms with Gasteiger partial charge in [0, 0.05) is 0 Å². The van der Waals surface area contributed by atoms with Gasteiger partial charge in [0.05, 0.1) is 0 Å². The van der Waals surface area contributed by atoms with E-state index in [0.29, 0.717) is 0 Å². The molecule has 0 unspecified atom stereocenters. The molecule has 0 amide bonds. The summed E-state index contributed by atoms with van der Waals surface area (Å²) in [5, 5.41) is 3.06. The third-order valence-corrected chi connectivity index (χ3v) is 1.32. The predicted octanol–water partition coefficient (Wildman–Crippen LogP) is -2.51. The van der Waals surface area contributed by atoms with Gasteiger partial charge >= 0.3 is 0 Å². The number of hydrazine groups is 1. The molecule has 0 fully saturated rings. The molecule has 0 aromatic heterocycles. The lowest BCUT2D eigenvalue weighted by molar-refractivity contribution is 0.691. The Morgan fingerprint density at radius 2 is 1.89 bits per heavy atom. The van der Waals surface area contributed by atoms with Crippen molar-refractivity contribution in [3.8, 4) is 0 Å². The highest BCUT2D eigenvalue weighted by molar-refractivity contribution is 7.50. The van der Waals surface area contributed by atoms with Crippen LogP contribution in [0.4, 0.5) is 0 Å². The zero-order valence-electron chi connectivity index (χ0n) is 4.73. The van der Waals surface area contributed by atoms with Crippen molar-refractivity contribution in [3.05, 3.63) is 0 Å². The molecule has 0 aliphatic rings. The van der Waals surface area contributed by atoms with Crippen LogP contribution in [-0.4, -0.2) is 10.7 Å². The van der Waals surface area contributed by atoms with Crippen LogP contribution in [0.15, 0.2) is 5.10 Å². The second-order valence-electron chi connectivity index (χ2n) is 1.21. The van der Waals surface area contributed by atoms with E-state index in [1.54, 1.807) is 0 Å². The standard InChI is InChI=1S/CH10N7P/c2-1(7-3)8(4)9(5)6/h3-6H2,(H2,2,7). The van der Waals surface area contributed by atoms with Crippen molar-refractivity contribution >= 4 is 14.3 Å². The van der Waals surface area contributed by atoms with Gasteiger partial charge in [0.15, 0.2) is 8.37 Å². The Morgan fingerprint density at radius 3 is 2.00 bits per heavy atom. The summed E-state index contributed by atoms with van der Waals surface area (Å²) >= 11 is 0. The Bertz CT molecular complexity index is 107. The van der Waals surface area contributed by atoms with Crippen LogP contribution in [-0.2, 0) is 0 Å². The first-order chi connectivity index (χ1) is 4.09. The van der Waals surface area contributed by atoms with E-state index in [9.17, 15) is 0 Å². The number of nitrogens with zero attached hydrogens (tertiary/aromatic N) is 2. The highest BCUT2D eigenvalue weighted by atomic mass is 31.1. The average molecular weight is 151 g/mol. The first-order valence-electron chi connectivity index (χ1n) is 1.97. The second kappa shape index (κ2) is 3.41. The fourth-order valence-corrected chi connectivity index (χ4v) is 0.466. The summed E-state index contributed by atoms with van der Waals surface area (Å²) in [5.74, 6) is 9.82. The van der Waals surface area contributed by atoms with Gasteiger partial charge < -0.3 is 11.6 Å². The third-order valence-electron chi connectivity index (χ3n) is 0.616. The van der Waals surface area contributed by atoms with Crippen LogP contribution in [0.3, 0.4) is 0 Å². The van der Waals surface area contributed by atoms with Gasteiger partial charge in [-0.3, -0.25) is 11.0 Å². The van der Waals surface area contributed by atoms with E-state index in [4.69, 9.17) is 28.4 Å². The molecular formula is CH10N7P. The van der Waals surface area contributed by atoms with Crippen LogP contribution >= 0.6 is 8.37 Å². The van der Waals surface area contributed by atoms with Crippen LogP contribution in [0.1, 0.15) is 0 Å². The summed E-state index contributed by atoms with van der Waals surface area (Å²) in [7, 11) is -1.43. The quantitative estimate of drug-likeness (QED) is 0.0919. The Kier molecular flexibility index (Phi) is 3.18. The summed E-state index contributed by atoms with van der Waals surface area (Å²) in [5.41, 5.74) is 15.4. The number of rotatable bonds is 1. The molecule has 0 spiro atoms. The normalized spacial score (nSPS) is 12.2. The van der Waals surface area contributed by atoms with Gasteiger partial charge in [-0.1, -0.05) is 0 Å². The van der Waals surface area contributed by atoms with Gasteiger partial charge in [-0.2, -0.15) is 0 Å². The van der Waals surface area contributed by atoms with Crippen molar-refractivity contribution in [1.82, 2.24) is 4.78 Å². The van der Waals surface area contributed by atoms with E-state index in [1.165, 1.54) is 0 Å². The Morgan fingerprint density at radius 1 is 1.44 bits per heavy atom. The number of hydrogen-bond acceptors (Lipinski definition) is 5. The van der Waals surface area contributed by atoms with Crippen molar-refractivity contribution in [3.63, 3.8) is 0 Å². The zero-order valence-corrected chi connectivity index (χ0v) is 5.62. The summed E-state index contributed by atoms with van der Waals surface area (Å²) < 4.78 is 0.912. The zero-order chi connectivity index (χ0) is 7.44. The molecule has 0 heterocycles. The number of hydrogen-bond donors (Lipinski definition) is 5. The molecule has 0 saturated carbocycles. The minimum Gasteiger partial charge on any atom is -0.367 e. The summed E-state index contributed by atoms with van der Waals surface area (Å²) in [4.78, 5) is 0. The van der Waals surface area contributed by atoms with E-state index < -0.39 is 8.37 Å². The molecule has 0 aliphatic carbocycles. The first-order valence-corrected chi connectivity index (χ1v) is 3.40. The molecule has 10 N–H and O–H groups in total. The molecular weight excluding hydrogens is 141 g/mol. The van der Waals surface area contributed by atoms with E-state index in [2.05, 4.69) is 5.10 Å². The highest BCUT2D eigenvalue weighted by Crippen LogP contribution is 2.13. The van der Waals surface area contributed by atoms with E-state index in [0.717, 1.165) is 4.78 Å². The second-order valence-corrected chi connectivity index (χ2v) is 2.40. The van der Waals surface area contributed by atoms with Gasteiger partial charge in [0.25, 0.3) is 0 Å². The van der Waals surface area contributed by atoms with E-state index >= 15 is 0 Å². The maximum atomic E-state index is 5.15. The first kappa shape index (κ1) is 8.38. The molecule has 0 atom stereocenters. The van der Waals surface area contributed by atoms with Gasteiger partial charge in [0.1, 0.15) is 0 Å². The highest BCUT2D eigenvalue weighted by Gasteiger charge is 2.06. The molecule has 0 radical (unpaired) electrons. The number of nitrogens with two attached hydrogens (primary N) is 5. The summed E-state index contributed by atoms with van der Waals surface area (Å²) in [6.45, 7) is 0. The number of hydrazone groups is 1. The molecule has 8 heteroatoms. The third kappa shape index (κ3) is 2.43. The van der Waals surface area contributed by atoms with Crippen molar-refractivity contribution in [1.29, 1.82) is 0 Å².